The molecule has 0 aromatic heterocycles. The molecular weight excluding hydrogens is 302 g/mol. The van der Waals surface area contributed by atoms with Crippen LogP contribution < -0.4 is 0 Å². The molecule has 2 rings (SSSR count). The monoisotopic (exact) mass is 315 g/mol. The summed E-state index contributed by atoms with van der Waals surface area (Å²) in [4.78, 5) is 25.4. The van der Waals surface area contributed by atoms with Crippen molar-refractivity contribution in [3.63, 3.8) is 0 Å². The number of morpholine rings is 1. The number of carboxylic acids is 1. The van der Waals surface area contributed by atoms with Crippen LogP contribution in [0.2, 0.25) is 5.02 Å². The normalized spacial score (nSPS) is 18.9. The molecule has 1 atom stereocenters. The fourth-order valence-electron chi connectivity index (χ4n) is 1.89. The third kappa shape index (κ3) is 3.65. The van der Waals surface area contributed by atoms with Gasteiger partial charge in [-0.05, 0) is 12.1 Å². The molecule has 1 aliphatic heterocycles. The van der Waals surface area contributed by atoms with E-state index in [9.17, 15) is 9.59 Å². The molecule has 1 N–H and O–H groups in total. The third-order valence-corrected chi connectivity index (χ3v) is 4.42. The number of benzene rings is 1. The maximum absolute atomic E-state index is 12.1. The van der Waals surface area contributed by atoms with Crippen LogP contribution >= 0.6 is 23.4 Å². The number of rotatable bonds is 4. The van der Waals surface area contributed by atoms with Gasteiger partial charge >= 0.3 is 5.97 Å². The first-order valence-corrected chi connectivity index (χ1v) is 7.43. The van der Waals surface area contributed by atoms with Gasteiger partial charge in [0.2, 0.25) is 5.91 Å². The van der Waals surface area contributed by atoms with E-state index in [1.54, 1.807) is 6.07 Å². The van der Waals surface area contributed by atoms with Crippen molar-refractivity contribution < 1.29 is 19.4 Å². The Labute approximate surface area is 125 Å². The van der Waals surface area contributed by atoms with Gasteiger partial charge in [-0.3, -0.25) is 4.79 Å². The Hall–Kier alpha value is -1.24. The molecule has 1 aromatic rings. The minimum atomic E-state index is -1.04. The standard InChI is InChI=1S/C13H14ClNO4S/c14-9-3-1-2-4-11(9)20-8-12(16)15-5-6-19-7-10(15)13(17)18/h1-4,10H,5-8H2,(H,17,18). The lowest BCUT2D eigenvalue weighted by Gasteiger charge is -2.32. The van der Waals surface area contributed by atoms with Gasteiger partial charge in [0, 0.05) is 11.4 Å². The number of hydrogen-bond donors (Lipinski definition) is 1. The smallest absolute Gasteiger partial charge is 0.328 e. The molecule has 1 saturated heterocycles. The van der Waals surface area contributed by atoms with Gasteiger partial charge in [0.05, 0.1) is 24.0 Å². The summed E-state index contributed by atoms with van der Waals surface area (Å²) in [5.74, 6) is -1.10. The Morgan fingerprint density at radius 3 is 2.90 bits per heavy atom. The van der Waals surface area contributed by atoms with Crippen LogP contribution in [0.15, 0.2) is 29.2 Å². The first kappa shape index (κ1) is 15.2. The van der Waals surface area contributed by atoms with Crippen molar-refractivity contribution in [3.05, 3.63) is 29.3 Å². The summed E-state index contributed by atoms with van der Waals surface area (Å²) in [6.45, 7) is 0.711. The number of carbonyl (C=O) groups is 2. The number of halogens is 1. The van der Waals surface area contributed by atoms with Gasteiger partial charge < -0.3 is 14.7 Å². The molecule has 1 amide bonds. The van der Waals surface area contributed by atoms with E-state index in [0.717, 1.165) is 4.90 Å². The average molecular weight is 316 g/mol. The van der Waals surface area contributed by atoms with E-state index < -0.39 is 12.0 Å². The third-order valence-electron chi connectivity index (χ3n) is 2.92. The Bertz CT molecular complexity index is 511. The molecule has 1 unspecified atom stereocenters. The fraction of sp³-hybridized carbons (Fsp3) is 0.385. The summed E-state index contributed by atoms with van der Waals surface area (Å²) in [6.07, 6.45) is 0. The van der Waals surface area contributed by atoms with E-state index in [-0.39, 0.29) is 18.3 Å². The molecule has 1 aliphatic rings. The minimum absolute atomic E-state index is 0.0395. The van der Waals surface area contributed by atoms with Crippen LogP contribution in [-0.2, 0) is 14.3 Å². The SMILES string of the molecule is O=C(O)C1COCCN1C(=O)CSc1ccccc1Cl. The lowest BCUT2D eigenvalue weighted by molar-refractivity contribution is -0.157. The molecule has 7 heteroatoms. The quantitative estimate of drug-likeness (QED) is 0.857. The Kier molecular flexibility index (Phi) is 5.28. The molecule has 1 heterocycles. The van der Waals surface area contributed by atoms with Crippen molar-refractivity contribution in [2.24, 2.45) is 0 Å². The average Bonchev–Trinajstić information content (AvgIpc) is 2.46. The summed E-state index contributed by atoms with van der Waals surface area (Å²) < 4.78 is 5.10. The first-order valence-electron chi connectivity index (χ1n) is 6.07. The molecule has 108 valence electrons. The second kappa shape index (κ2) is 6.97. The van der Waals surface area contributed by atoms with Gasteiger partial charge in [0.15, 0.2) is 6.04 Å². The van der Waals surface area contributed by atoms with Crippen molar-refractivity contribution in [1.29, 1.82) is 0 Å². The minimum Gasteiger partial charge on any atom is -0.480 e. The van der Waals surface area contributed by atoms with Crippen molar-refractivity contribution in [1.82, 2.24) is 4.90 Å². The molecule has 1 aromatic carbocycles. The Balaban J connectivity index is 1.97. The summed E-state index contributed by atoms with van der Waals surface area (Å²) in [5, 5.41) is 9.67. The van der Waals surface area contributed by atoms with Crippen molar-refractivity contribution in [2.75, 3.05) is 25.5 Å². The summed E-state index contributed by atoms with van der Waals surface area (Å²) in [6, 6.07) is 6.34. The van der Waals surface area contributed by atoms with Crippen LogP contribution in [0.4, 0.5) is 0 Å². The van der Waals surface area contributed by atoms with Crippen LogP contribution in [0.5, 0.6) is 0 Å². The highest BCUT2D eigenvalue weighted by Crippen LogP contribution is 2.27. The lowest BCUT2D eigenvalue weighted by Crippen LogP contribution is -2.53. The second-order valence-electron chi connectivity index (χ2n) is 4.24. The maximum atomic E-state index is 12.1. The predicted octanol–water partition coefficient (Wildman–Crippen LogP) is 1.74. The molecular formula is C13H14ClNO4S. The zero-order chi connectivity index (χ0) is 14.5. The predicted molar refractivity (Wildman–Crippen MR) is 76.1 cm³/mol. The Morgan fingerprint density at radius 2 is 2.20 bits per heavy atom. The maximum Gasteiger partial charge on any atom is 0.328 e. The zero-order valence-electron chi connectivity index (χ0n) is 10.6. The molecule has 1 fully saturated rings. The number of amides is 1. The lowest BCUT2D eigenvalue weighted by atomic mass is 10.2. The van der Waals surface area contributed by atoms with Gasteiger partial charge in [-0.25, -0.2) is 4.79 Å². The topological polar surface area (TPSA) is 66.8 Å². The van der Waals surface area contributed by atoms with Crippen LogP contribution in [0.3, 0.4) is 0 Å². The van der Waals surface area contributed by atoms with Crippen LogP contribution in [0, 0.1) is 0 Å². The number of carboxylic acid groups (broad SMARTS) is 1. The van der Waals surface area contributed by atoms with E-state index >= 15 is 0 Å². The molecule has 20 heavy (non-hydrogen) atoms. The van der Waals surface area contributed by atoms with Gasteiger partial charge in [0.25, 0.3) is 0 Å². The number of aliphatic carboxylic acids is 1. The van der Waals surface area contributed by atoms with Gasteiger partial charge in [0.1, 0.15) is 0 Å². The largest absolute Gasteiger partial charge is 0.480 e. The van der Waals surface area contributed by atoms with Gasteiger partial charge in [-0.15, -0.1) is 11.8 Å². The number of nitrogens with zero attached hydrogens (tertiary/aromatic N) is 1. The molecule has 0 radical (unpaired) electrons. The highest BCUT2D eigenvalue weighted by atomic mass is 35.5. The van der Waals surface area contributed by atoms with Crippen molar-refractivity contribution >= 4 is 35.2 Å². The van der Waals surface area contributed by atoms with E-state index in [1.165, 1.54) is 16.7 Å². The molecule has 0 aliphatic carbocycles. The summed E-state index contributed by atoms with van der Waals surface area (Å²) in [7, 11) is 0. The molecule has 0 bridgehead atoms. The van der Waals surface area contributed by atoms with E-state index in [1.807, 2.05) is 18.2 Å². The second-order valence-corrected chi connectivity index (χ2v) is 5.66. The highest BCUT2D eigenvalue weighted by Gasteiger charge is 2.32. The highest BCUT2D eigenvalue weighted by molar-refractivity contribution is 8.00. The van der Waals surface area contributed by atoms with Gasteiger partial charge in [-0.1, -0.05) is 23.7 Å². The van der Waals surface area contributed by atoms with Crippen LogP contribution in [0.1, 0.15) is 0 Å². The number of ether oxygens (including phenoxy) is 1. The Morgan fingerprint density at radius 1 is 1.45 bits per heavy atom. The summed E-state index contributed by atoms with van der Waals surface area (Å²) >= 11 is 7.32. The van der Waals surface area contributed by atoms with E-state index in [2.05, 4.69) is 0 Å². The number of thioether (sulfide) groups is 1. The van der Waals surface area contributed by atoms with Crippen LogP contribution in [0.25, 0.3) is 0 Å². The number of hydrogen-bond acceptors (Lipinski definition) is 4. The molecule has 0 spiro atoms. The van der Waals surface area contributed by atoms with Crippen molar-refractivity contribution in [3.8, 4) is 0 Å². The summed E-state index contributed by atoms with van der Waals surface area (Å²) in [5.41, 5.74) is 0. The zero-order valence-corrected chi connectivity index (χ0v) is 12.2. The van der Waals surface area contributed by atoms with E-state index in [4.69, 9.17) is 21.4 Å². The van der Waals surface area contributed by atoms with Crippen molar-refractivity contribution in [2.45, 2.75) is 10.9 Å². The molecule has 5 nitrogen and oxygen atoms in total. The van der Waals surface area contributed by atoms with Gasteiger partial charge in [-0.2, -0.15) is 0 Å². The van der Waals surface area contributed by atoms with E-state index in [0.29, 0.717) is 18.2 Å². The van der Waals surface area contributed by atoms with Crippen LogP contribution in [-0.4, -0.2) is 53.4 Å². The number of carbonyl (C=O) groups excluding carboxylic acids is 1. The fourth-order valence-corrected chi connectivity index (χ4v) is 3.02. The molecule has 0 saturated carbocycles. The first-order chi connectivity index (χ1) is 9.59.